The van der Waals surface area contributed by atoms with Gasteiger partial charge in [-0.2, -0.15) is 0 Å². The molecule has 29 heavy (non-hydrogen) atoms. The first-order valence-electron chi connectivity index (χ1n) is 9.78. The average Bonchev–Trinajstić information content (AvgIpc) is 3.52. The van der Waals surface area contributed by atoms with Crippen LogP contribution in [-0.2, 0) is 9.59 Å². The third-order valence-electron chi connectivity index (χ3n) is 5.21. The van der Waals surface area contributed by atoms with Crippen molar-refractivity contribution in [3.05, 3.63) is 71.4 Å². The molecule has 2 aromatic carbocycles. The van der Waals surface area contributed by atoms with E-state index in [1.54, 1.807) is 35.4 Å². The summed E-state index contributed by atoms with van der Waals surface area (Å²) in [5, 5.41) is 5.81. The molecule has 1 saturated carbocycles. The SMILES string of the molecule is CC(=O)N1C=Cc2ccccc2[C@@H]1CC(=O)Nc1ccccc1C(=O)NC1CC1. The molecule has 0 bridgehead atoms. The highest BCUT2D eigenvalue weighted by molar-refractivity contribution is 6.04. The molecule has 0 radical (unpaired) electrons. The number of amides is 3. The quantitative estimate of drug-likeness (QED) is 0.822. The summed E-state index contributed by atoms with van der Waals surface area (Å²) in [6, 6.07) is 14.6. The Kier molecular flexibility index (Phi) is 5.16. The Morgan fingerprint density at radius 1 is 1.03 bits per heavy atom. The highest BCUT2D eigenvalue weighted by Gasteiger charge is 2.29. The van der Waals surface area contributed by atoms with Crippen molar-refractivity contribution in [1.82, 2.24) is 10.2 Å². The van der Waals surface area contributed by atoms with Gasteiger partial charge in [0.2, 0.25) is 11.8 Å². The van der Waals surface area contributed by atoms with Gasteiger partial charge in [0.05, 0.1) is 23.7 Å². The molecular weight excluding hydrogens is 366 g/mol. The van der Waals surface area contributed by atoms with Gasteiger partial charge in [-0.1, -0.05) is 36.4 Å². The molecule has 3 amide bonds. The van der Waals surface area contributed by atoms with Gasteiger partial charge in [0, 0.05) is 19.2 Å². The van der Waals surface area contributed by atoms with Crippen LogP contribution in [0.3, 0.4) is 0 Å². The van der Waals surface area contributed by atoms with Gasteiger partial charge < -0.3 is 15.5 Å². The van der Waals surface area contributed by atoms with Crippen LogP contribution in [0.1, 0.15) is 53.7 Å². The normalized spacial score (nSPS) is 17.4. The van der Waals surface area contributed by atoms with Gasteiger partial charge in [0.15, 0.2) is 0 Å². The second-order valence-corrected chi connectivity index (χ2v) is 7.43. The Bertz CT molecular complexity index is 994. The van der Waals surface area contributed by atoms with Crippen molar-refractivity contribution in [3.8, 4) is 0 Å². The number of anilines is 1. The summed E-state index contributed by atoms with van der Waals surface area (Å²) in [7, 11) is 0. The van der Waals surface area contributed by atoms with Gasteiger partial charge in [-0.25, -0.2) is 0 Å². The summed E-state index contributed by atoms with van der Waals surface area (Å²) in [6.45, 7) is 1.49. The number of hydrogen-bond donors (Lipinski definition) is 2. The zero-order chi connectivity index (χ0) is 20.4. The number of carbonyl (C=O) groups excluding carboxylic acids is 3. The molecule has 6 nitrogen and oxygen atoms in total. The van der Waals surface area contributed by atoms with E-state index >= 15 is 0 Å². The third kappa shape index (κ3) is 4.21. The molecular formula is C23H23N3O3. The number of nitrogens with zero attached hydrogens (tertiary/aromatic N) is 1. The van der Waals surface area contributed by atoms with Crippen molar-refractivity contribution in [1.29, 1.82) is 0 Å². The topological polar surface area (TPSA) is 78.5 Å². The van der Waals surface area contributed by atoms with Crippen LogP contribution in [0.2, 0.25) is 0 Å². The van der Waals surface area contributed by atoms with E-state index in [0.29, 0.717) is 11.3 Å². The Morgan fingerprint density at radius 3 is 2.52 bits per heavy atom. The van der Waals surface area contributed by atoms with E-state index in [1.165, 1.54) is 6.92 Å². The van der Waals surface area contributed by atoms with Gasteiger partial charge in [0.25, 0.3) is 5.91 Å². The van der Waals surface area contributed by atoms with Crippen LogP contribution in [0.5, 0.6) is 0 Å². The number of rotatable bonds is 5. The van der Waals surface area contributed by atoms with Gasteiger partial charge in [0.1, 0.15) is 0 Å². The fourth-order valence-corrected chi connectivity index (χ4v) is 3.57. The predicted octanol–water partition coefficient (Wildman–Crippen LogP) is 3.48. The molecule has 4 rings (SSSR count). The van der Waals surface area contributed by atoms with Crippen LogP contribution in [0.4, 0.5) is 5.69 Å². The molecule has 0 saturated heterocycles. The number of hydrogen-bond acceptors (Lipinski definition) is 3. The minimum absolute atomic E-state index is 0.0967. The van der Waals surface area contributed by atoms with E-state index in [2.05, 4.69) is 10.6 Å². The lowest BCUT2D eigenvalue weighted by Crippen LogP contribution is -2.33. The van der Waals surface area contributed by atoms with Crippen LogP contribution in [0.25, 0.3) is 6.08 Å². The smallest absolute Gasteiger partial charge is 0.253 e. The zero-order valence-electron chi connectivity index (χ0n) is 16.2. The number of para-hydroxylation sites is 1. The van der Waals surface area contributed by atoms with E-state index in [-0.39, 0.29) is 36.2 Å². The number of nitrogens with one attached hydrogen (secondary N) is 2. The summed E-state index contributed by atoms with van der Waals surface area (Å²) in [4.78, 5) is 39.0. The van der Waals surface area contributed by atoms with E-state index in [0.717, 1.165) is 24.0 Å². The standard InChI is InChI=1S/C23H23N3O3/c1-15(27)26-13-12-16-6-2-3-7-18(16)21(26)14-22(28)25-20-9-5-4-8-19(20)23(29)24-17-10-11-17/h2-9,12-13,17,21H,10-11,14H2,1H3,(H,24,29)(H,25,28)/t21-/m0/s1. The van der Waals surface area contributed by atoms with Crippen molar-refractivity contribution in [2.45, 2.75) is 38.3 Å². The second-order valence-electron chi connectivity index (χ2n) is 7.43. The molecule has 0 spiro atoms. The number of carbonyl (C=O) groups is 3. The maximum absolute atomic E-state index is 12.9. The van der Waals surface area contributed by atoms with Crippen LogP contribution >= 0.6 is 0 Å². The molecule has 2 aliphatic rings. The van der Waals surface area contributed by atoms with Crippen molar-refractivity contribution in [3.63, 3.8) is 0 Å². The zero-order valence-corrected chi connectivity index (χ0v) is 16.2. The van der Waals surface area contributed by atoms with Crippen molar-refractivity contribution in [2.75, 3.05) is 5.32 Å². The molecule has 0 unspecified atom stereocenters. The van der Waals surface area contributed by atoms with E-state index in [4.69, 9.17) is 0 Å². The Morgan fingerprint density at radius 2 is 1.76 bits per heavy atom. The van der Waals surface area contributed by atoms with Crippen molar-refractivity contribution >= 4 is 29.5 Å². The van der Waals surface area contributed by atoms with E-state index < -0.39 is 0 Å². The Hall–Kier alpha value is -3.41. The number of fused-ring (bicyclic) bond motifs is 1. The first-order valence-corrected chi connectivity index (χ1v) is 9.78. The molecule has 1 aliphatic carbocycles. The lowest BCUT2D eigenvalue weighted by Gasteiger charge is -2.32. The average molecular weight is 389 g/mol. The second kappa shape index (κ2) is 7.91. The minimum atomic E-state index is -0.388. The molecule has 1 aliphatic heterocycles. The molecule has 148 valence electrons. The first-order chi connectivity index (χ1) is 14.0. The summed E-state index contributed by atoms with van der Waals surface area (Å²) in [6.07, 6.45) is 5.69. The molecule has 1 atom stereocenters. The maximum atomic E-state index is 12.9. The molecule has 2 aromatic rings. The highest BCUT2D eigenvalue weighted by atomic mass is 16.2. The monoisotopic (exact) mass is 389 g/mol. The Balaban J connectivity index is 1.53. The molecule has 1 heterocycles. The maximum Gasteiger partial charge on any atom is 0.253 e. The summed E-state index contributed by atoms with van der Waals surface area (Å²) in [5.74, 6) is -0.560. The highest BCUT2D eigenvalue weighted by Crippen LogP contribution is 2.33. The van der Waals surface area contributed by atoms with Gasteiger partial charge in [-0.05, 0) is 42.2 Å². The van der Waals surface area contributed by atoms with Crippen LogP contribution in [-0.4, -0.2) is 28.7 Å². The summed E-state index contributed by atoms with van der Waals surface area (Å²) < 4.78 is 0. The molecule has 6 heteroatoms. The first kappa shape index (κ1) is 18.9. The van der Waals surface area contributed by atoms with E-state index in [1.807, 2.05) is 30.3 Å². The molecule has 0 aromatic heterocycles. The largest absolute Gasteiger partial charge is 0.349 e. The fraction of sp³-hybridized carbons (Fsp3) is 0.261. The van der Waals surface area contributed by atoms with Crippen LogP contribution in [0, 0.1) is 0 Å². The van der Waals surface area contributed by atoms with Gasteiger partial charge in [-0.15, -0.1) is 0 Å². The van der Waals surface area contributed by atoms with Crippen LogP contribution in [0.15, 0.2) is 54.7 Å². The van der Waals surface area contributed by atoms with Crippen molar-refractivity contribution in [2.24, 2.45) is 0 Å². The lowest BCUT2D eigenvalue weighted by atomic mass is 9.93. The van der Waals surface area contributed by atoms with Crippen LogP contribution < -0.4 is 10.6 Å². The Labute approximate surface area is 169 Å². The molecule has 2 N–H and O–H groups in total. The van der Waals surface area contributed by atoms with E-state index in [9.17, 15) is 14.4 Å². The fourth-order valence-electron chi connectivity index (χ4n) is 3.57. The summed E-state index contributed by atoms with van der Waals surface area (Å²) >= 11 is 0. The minimum Gasteiger partial charge on any atom is -0.349 e. The third-order valence-corrected chi connectivity index (χ3v) is 5.21. The number of benzene rings is 2. The van der Waals surface area contributed by atoms with Crippen molar-refractivity contribution < 1.29 is 14.4 Å². The summed E-state index contributed by atoms with van der Waals surface area (Å²) in [5.41, 5.74) is 2.84. The molecule has 1 fully saturated rings. The van der Waals surface area contributed by atoms with Gasteiger partial charge >= 0.3 is 0 Å². The van der Waals surface area contributed by atoms with Gasteiger partial charge in [-0.3, -0.25) is 14.4 Å². The lowest BCUT2D eigenvalue weighted by molar-refractivity contribution is -0.129. The predicted molar refractivity (Wildman–Crippen MR) is 111 cm³/mol.